The van der Waals surface area contributed by atoms with Gasteiger partial charge >= 0.3 is 0 Å². The van der Waals surface area contributed by atoms with Gasteiger partial charge < -0.3 is 10.2 Å². The number of hydrogen-bond donors (Lipinski definition) is 1. The van der Waals surface area contributed by atoms with E-state index in [0.29, 0.717) is 0 Å². The Morgan fingerprint density at radius 3 is 2.35 bits per heavy atom. The standard InChI is InChI=1S/C14H18N2O/c1-4-5-6-7-14(17)15-12-8-10-13(11-9-12)16(2)3/h4-11H,1-3H3,(H,15,17)/b5-4+,7-6+. The van der Waals surface area contributed by atoms with Gasteiger partial charge in [0.2, 0.25) is 5.91 Å². The number of benzene rings is 1. The summed E-state index contributed by atoms with van der Waals surface area (Å²) in [5, 5.41) is 2.79. The summed E-state index contributed by atoms with van der Waals surface area (Å²) in [6.45, 7) is 1.90. The van der Waals surface area contributed by atoms with Crippen LogP contribution in [0.4, 0.5) is 11.4 Å². The van der Waals surface area contributed by atoms with E-state index in [4.69, 9.17) is 0 Å². The molecular formula is C14H18N2O. The second-order valence-electron chi connectivity index (χ2n) is 3.82. The van der Waals surface area contributed by atoms with Crippen molar-refractivity contribution in [3.63, 3.8) is 0 Å². The topological polar surface area (TPSA) is 32.3 Å². The van der Waals surface area contributed by atoms with Crippen LogP contribution in [0.5, 0.6) is 0 Å². The highest BCUT2D eigenvalue weighted by Crippen LogP contribution is 2.15. The molecule has 0 saturated heterocycles. The maximum atomic E-state index is 11.5. The highest BCUT2D eigenvalue weighted by Gasteiger charge is 1.98. The highest BCUT2D eigenvalue weighted by atomic mass is 16.1. The van der Waals surface area contributed by atoms with Gasteiger partial charge in [-0.1, -0.05) is 18.2 Å². The van der Waals surface area contributed by atoms with Crippen molar-refractivity contribution in [3.05, 3.63) is 48.6 Å². The van der Waals surface area contributed by atoms with Crippen molar-refractivity contribution in [3.8, 4) is 0 Å². The Labute approximate surface area is 102 Å². The quantitative estimate of drug-likeness (QED) is 0.637. The molecule has 0 aliphatic heterocycles. The Balaban J connectivity index is 2.60. The Morgan fingerprint density at radius 2 is 1.82 bits per heavy atom. The molecule has 0 aliphatic rings. The molecule has 0 atom stereocenters. The van der Waals surface area contributed by atoms with Crippen LogP contribution in [0.1, 0.15) is 6.92 Å². The first-order valence-corrected chi connectivity index (χ1v) is 5.51. The van der Waals surface area contributed by atoms with Crippen molar-refractivity contribution in [2.45, 2.75) is 6.92 Å². The molecule has 0 saturated carbocycles. The third-order valence-electron chi connectivity index (χ3n) is 2.20. The largest absolute Gasteiger partial charge is 0.378 e. The molecule has 0 fully saturated rings. The number of amides is 1. The number of anilines is 2. The number of rotatable bonds is 4. The fourth-order valence-corrected chi connectivity index (χ4v) is 1.28. The summed E-state index contributed by atoms with van der Waals surface area (Å²) in [6, 6.07) is 7.70. The lowest BCUT2D eigenvalue weighted by atomic mass is 10.2. The molecule has 3 heteroatoms. The first-order chi connectivity index (χ1) is 8.13. The van der Waals surface area contributed by atoms with Crippen molar-refractivity contribution in [2.24, 2.45) is 0 Å². The second kappa shape index (κ2) is 6.53. The zero-order valence-electron chi connectivity index (χ0n) is 10.5. The van der Waals surface area contributed by atoms with Crippen LogP contribution in [-0.4, -0.2) is 20.0 Å². The smallest absolute Gasteiger partial charge is 0.248 e. The van der Waals surface area contributed by atoms with E-state index in [1.165, 1.54) is 6.08 Å². The van der Waals surface area contributed by atoms with Crippen LogP contribution < -0.4 is 10.2 Å². The van der Waals surface area contributed by atoms with Crippen LogP contribution in [0.15, 0.2) is 48.6 Å². The minimum Gasteiger partial charge on any atom is -0.378 e. The van der Waals surface area contributed by atoms with Gasteiger partial charge in [0.15, 0.2) is 0 Å². The number of nitrogens with zero attached hydrogens (tertiary/aromatic N) is 1. The lowest BCUT2D eigenvalue weighted by Crippen LogP contribution is -2.10. The van der Waals surface area contributed by atoms with Gasteiger partial charge in [0.1, 0.15) is 0 Å². The zero-order chi connectivity index (χ0) is 12.7. The number of nitrogens with one attached hydrogen (secondary N) is 1. The zero-order valence-corrected chi connectivity index (χ0v) is 10.5. The maximum absolute atomic E-state index is 11.5. The number of allylic oxidation sites excluding steroid dienone is 3. The van der Waals surface area contributed by atoms with Crippen molar-refractivity contribution in [1.82, 2.24) is 0 Å². The minimum atomic E-state index is -0.124. The van der Waals surface area contributed by atoms with Crippen molar-refractivity contribution in [2.75, 3.05) is 24.3 Å². The van der Waals surface area contributed by atoms with Gasteiger partial charge in [0, 0.05) is 31.5 Å². The monoisotopic (exact) mass is 230 g/mol. The summed E-state index contributed by atoms with van der Waals surface area (Å²) in [7, 11) is 3.96. The molecule has 0 bridgehead atoms. The number of carbonyl (C=O) groups is 1. The number of carbonyl (C=O) groups excluding carboxylic acids is 1. The van der Waals surface area contributed by atoms with Crippen molar-refractivity contribution >= 4 is 17.3 Å². The summed E-state index contributed by atoms with van der Waals surface area (Å²) in [4.78, 5) is 13.5. The Kier molecular flexibility index (Phi) is 5.01. The lowest BCUT2D eigenvalue weighted by Gasteiger charge is -2.12. The fraction of sp³-hybridized carbons (Fsp3) is 0.214. The molecule has 1 aromatic rings. The van der Waals surface area contributed by atoms with Gasteiger partial charge in [-0.2, -0.15) is 0 Å². The summed E-state index contributed by atoms with van der Waals surface area (Å²) in [5.41, 5.74) is 1.90. The molecule has 1 amide bonds. The van der Waals surface area contributed by atoms with E-state index < -0.39 is 0 Å². The van der Waals surface area contributed by atoms with Crippen molar-refractivity contribution < 1.29 is 4.79 Å². The molecule has 1 N–H and O–H groups in total. The second-order valence-corrected chi connectivity index (χ2v) is 3.82. The van der Waals surface area contributed by atoms with Crippen molar-refractivity contribution in [1.29, 1.82) is 0 Å². The molecule has 0 aliphatic carbocycles. The van der Waals surface area contributed by atoms with E-state index in [1.54, 1.807) is 6.08 Å². The van der Waals surface area contributed by atoms with E-state index in [2.05, 4.69) is 5.32 Å². The first-order valence-electron chi connectivity index (χ1n) is 5.51. The van der Waals surface area contributed by atoms with Gasteiger partial charge in [-0.3, -0.25) is 4.79 Å². The van der Waals surface area contributed by atoms with Gasteiger partial charge in [-0.25, -0.2) is 0 Å². The van der Waals surface area contributed by atoms with Crippen LogP contribution in [0.3, 0.4) is 0 Å². The molecule has 0 aromatic heterocycles. The predicted octanol–water partition coefficient (Wildman–Crippen LogP) is 2.82. The predicted molar refractivity (Wildman–Crippen MR) is 73.4 cm³/mol. The molecule has 0 spiro atoms. The van der Waals surface area contributed by atoms with E-state index in [9.17, 15) is 4.79 Å². The molecular weight excluding hydrogens is 212 g/mol. The van der Waals surface area contributed by atoms with E-state index >= 15 is 0 Å². The van der Waals surface area contributed by atoms with E-state index in [-0.39, 0.29) is 5.91 Å². The fourth-order valence-electron chi connectivity index (χ4n) is 1.28. The molecule has 1 rings (SSSR count). The average Bonchev–Trinajstić information content (AvgIpc) is 2.30. The van der Waals surface area contributed by atoms with Crippen LogP contribution in [0.2, 0.25) is 0 Å². The van der Waals surface area contributed by atoms with E-state index in [1.807, 2.05) is 62.3 Å². The van der Waals surface area contributed by atoms with Crippen LogP contribution >= 0.6 is 0 Å². The summed E-state index contributed by atoms with van der Waals surface area (Å²) >= 11 is 0. The van der Waals surface area contributed by atoms with Crippen LogP contribution in [-0.2, 0) is 4.79 Å². The molecule has 0 unspecified atom stereocenters. The first kappa shape index (κ1) is 13.0. The molecule has 3 nitrogen and oxygen atoms in total. The minimum absolute atomic E-state index is 0.124. The third-order valence-corrected chi connectivity index (χ3v) is 2.20. The Hall–Kier alpha value is -2.03. The summed E-state index contributed by atoms with van der Waals surface area (Å²) in [6.07, 6.45) is 6.90. The Morgan fingerprint density at radius 1 is 1.18 bits per heavy atom. The number of hydrogen-bond acceptors (Lipinski definition) is 2. The van der Waals surface area contributed by atoms with Gasteiger partial charge in [-0.05, 0) is 31.2 Å². The summed E-state index contributed by atoms with van der Waals surface area (Å²) < 4.78 is 0. The normalized spacial score (nSPS) is 11.0. The maximum Gasteiger partial charge on any atom is 0.248 e. The van der Waals surface area contributed by atoms with E-state index in [0.717, 1.165) is 11.4 Å². The Bertz CT molecular complexity index is 416. The molecule has 17 heavy (non-hydrogen) atoms. The molecule has 0 heterocycles. The molecule has 1 aromatic carbocycles. The third kappa shape index (κ3) is 4.55. The molecule has 90 valence electrons. The van der Waals surface area contributed by atoms with Gasteiger partial charge in [-0.15, -0.1) is 0 Å². The van der Waals surface area contributed by atoms with Gasteiger partial charge in [0.05, 0.1) is 0 Å². The van der Waals surface area contributed by atoms with Crippen LogP contribution in [0.25, 0.3) is 0 Å². The van der Waals surface area contributed by atoms with Crippen LogP contribution in [0, 0.1) is 0 Å². The average molecular weight is 230 g/mol. The highest BCUT2D eigenvalue weighted by molar-refractivity contribution is 5.99. The molecule has 0 radical (unpaired) electrons. The SMILES string of the molecule is C/C=C/C=C/C(=O)Nc1ccc(N(C)C)cc1. The lowest BCUT2D eigenvalue weighted by molar-refractivity contribution is -0.111. The summed E-state index contributed by atoms with van der Waals surface area (Å²) in [5.74, 6) is -0.124. The van der Waals surface area contributed by atoms with Gasteiger partial charge in [0.25, 0.3) is 0 Å².